The largest absolute Gasteiger partial charge is 0.472 e. The number of ether oxygens (including phenoxy) is 1. The normalized spacial score (nSPS) is 11.9. The van der Waals surface area contributed by atoms with Gasteiger partial charge in [-0.2, -0.15) is 0 Å². The number of aromatic nitrogens is 1. The van der Waals surface area contributed by atoms with Crippen LogP contribution >= 0.6 is 11.6 Å². The lowest BCUT2D eigenvalue weighted by Gasteiger charge is -2.24. The van der Waals surface area contributed by atoms with E-state index in [4.69, 9.17) is 16.3 Å². The maximum absolute atomic E-state index is 5.91. The maximum atomic E-state index is 5.91. The summed E-state index contributed by atoms with van der Waals surface area (Å²) in [5.41, 5.74) is 1.91. The van der Waals surface area contributed by atoms with Crippen molar-refractivity contribution >= 4 is 11.6 Å². The van der Waals surface area contributed by atoms with Crippen LogP contribution in [-0.2, 0) is 5.88 Å². The van der Waals surface area contributed by atoms with E-state index in [-0.39, 0.29) is 5.60 Å². The molecule has 0 bridgehead atoms. The standard InChI is InChI=1S/C14H22ClNO/c1-6-14(4,5)17-13-8-11(9-15)7-12(16-13)10(2)3/h7-8,10H,6,9H2,1-5H3. The summed E-state index contributed by atoms with van der Waals surface area (Å²) in [5.74, 6) is 1.55. The van der Waals surface area contributed by atoms with Crippen LogP contribution in [-0.4, -0.2) is 10.6 Å². The average Bonchev–Trinajstić information content (AvgIpc) is 2.28. The Balaban J connectivity index is 3.03. The van der Waals surface area contributed by atoms with Gasteiger partial charge in [-0.15, -0.1) is 11.6 Å². The van der Waals surface area contributed by atoms with Gasteiger partial charge in [-0.1, -0.05) is 20.8 Å². The van der Waals surface area contributed by atoms with Crippen LogP contribution in [0.5, 0.6) is 5.88 Å². The highest BCUT2D eigenvalue weighted by atomic mass is 35.5. The van der Waals surface area contributed by atoms with Crippen molar-refractivity contribution in [2.45, 2.75) is 58.4 Å². The number of pyridine rings is 1. The van der Waals surface area contributed by atoms with Crippen molar-refractivity contribution in [1.29, 1.82) is 0 Å². The molecule has 0 atom stereocenters. The quantitative estimate of drug-likeness (QED) is 0.722. The molecule has 0 saturated heterocycles. The molecule has 0 saturated carbocycles. The van der Waals surface area contributed by atoms with Gasteiger partial charge in [-0.25, -0.2) is 4.98 Å². The third-order valence-electron chi connectivity index (χ3n) is 2.86. The molecular formula is C14H22ClNO. The van der Waals surface area contributed by atoms with Crippen LogP contribution in [0.1, 0.15) is 58.2 Å². The lowest BCUT2D eigenvalue weighted by Crippen LogP contribution is -2.27. The zero-order valence-electron chi connectivity index (χ0n) is 11.4. The van der Waals surface area contributed by atoms with Gasteiger partial charge in [0.15, 0.2) is 0 Å². The summed E-state index contributed by atoms with van der Waals surface area (Å²) in [6.07, 6.45) is 0.941. The minimum Gasteiger partial charge on any atom is -0.472 e. The second-order valence-corrected chi connectivity index (χ2v) is 5.51. The number of rotatable bonds is 5. The lowest BCUT2D eigenvalue weighted by molar-refractivity contribution is 0.0986. The summed E-state index contributed by atoms with van der Waals surface area (Å²) in [6, 6.07) is 3.97. The fourth-order valence-electron chi connectivity index (χ4n) is 1.36. The van der Waals surface area contributed by atoms with Crippen molar-refractivity contribution < 1.29 is 4.74 Å². The highest BCUT2D eigenvalue weighted by molar-refractivity contribution is 6.17. The van der Waals surface area contributed by atoms with Gasteiger partial charge in [0.25, 0.3) is 0 Å². The van der Waals surface area contributed by atoms with E-state index in [1.165, 1.54) is 0 Å². The molecule has 0 aliphatic heterocycles. The van der Waals surface area contributed by atoms with Gasteiger partial charge in [-0.3, -0.25) is 0 Å². The van der Waals surface area contributed by atoms with E-state index in [1.807, 2.05) is 12.1 Å². The van der Waals surface area contributed by atoms with Gasteiger partial charge in [0.1, 0.15) is 5.60 Å². The van der Waals surface area contributed by atoms with Crippen LogP contribution in [0.2, 0.25) is 0 Å². The minimum absolute atomic E-state index is 0.188. The van der Waals surface area contributed by atoms with E-state index in [1.54, 1.807) is 0 Å². The first-order valence-corrected chi connectivity index (χ1v) is 6.67. The summed E-state index contributed by atoms with van der Waals surface area (Å²) < 4.78 is 5.91. The Hall–Kier alpha value is -0.760. The van der Waals surface area contributed by atoms with Crippen LogP contribution in [0.15, 0.2) is 12.1 Å². The topological polar surface area (TPSA) is 22.1 Å². The molecular weight excluding hydrogens is 234 g/mol. The molecule has 0 unspecified atom stereocenters. The molecule has 0 fully saturated rings. The van der Waals surface area contributed by atoms with E-state index >= 15 is 0 Å². The van der Waals surface area contributed by atoms with Crippen molar-refractivity contribution in [2.75, 3.05) is 0 Å². The number of alkyl halides is 1. The molecule has 1 rings (SSSR count). The molecule has 1 aromatic rings. The summed E-state index contributed by atoms with van der Waals surface area (Å²) in [5, 5.41) is 0. The molecule has 0 aliphatic carbocycles. The van der Waals surface area contributed by atoms with Crippen molar-refractivity contribution in [3.63, 3.8) is 0 Å². The molecule has 1 aromatic heterocycles. The number of hydrogen-bond acceptors (Lipinski definition) is 2. The van der Waals surface area contributed by atoms with Crippen molar-refractivity contribution in [2.24, 2.45) is 0 Å². The molecule has 96 valence electrons. The summed E-state index contributed by atoms with van der Waals surface area (Å²) in [7, 11) is 0. The monoisotopic (exact) mass is 255 g/mol. The second kappa shape index (κ2) is 5.72. The molecule has 1 heterocycles. The van der Waals surface area contributed by atoms with Crippen molar-refractivity contribution in [3.8, 4) is 5.88 Å². The Kier molecular flexibility index (Phi) is 4.81. The average molecular weight is 256 g/mol. The number of nitrogens with zero attached hydrogens (tertiary/aromatic N) is 1. The molecule has 0 N–H and O–H groups in total. The SMILES string of the molecule is CCC(C)(C)Oc1cc(CCl)cc(C(C)C)n1. The lowest BCUT2D eigenvalue weighted by atomic mass is 10.1. The number of hydrogen-bond donors (Lipinski definition) is 0. The Labute approximate surface area is 109 Å². The molecule has 2 nitrogen and oxygen atoms in total. The van der Waals surface area contributed by atoms with Crippen LogP contribution in [0.3, 0.4) is 0 Å². The zero-order chi connectivity index (χ0) is 13.1. The molecule has 0 aliphatic rings. The first-order chi connectivity index (χ1) is 7.88. The van der Waals surface area contributed by atoms with E-state index in [2.05, 4.69) is 39.6 Å². The first-order valence-electron chi connectivity index (χ1n) is 6.14. The van der Waals surface area contributed by atoms with E-state index in [9.17, 15) is 0 Å². The van der Waals surface area contributed by atoms with E-state index < -0.39 is 0 Å². The van der Waals surface area contributed by atoms with Gasteiger partial charge < -0.3 is 4.74 Å². The smallest absolute Gasteiger partial charge is 0.214 e. The van der Waals surface area contributed by atoms with Crippen LogP contribution in [0.4, 0.5) is 0 Å². The maximum Gasteiger partial charge on any atom is 0.214 e. The summed E-state index contributed by atoms with van der Waals surface area (Å²) >= 11 is 5.90. The van der Waals surface area contributed by atoms with Crippen LogP contribution in [0, 0.1) is 0 Å². The van der Waals surface area contributed by atoms with Crippen molar-refractivity contribution in [3.05, 3.63) is 23.4 Å². The van der Waals surface area contributed by atoms with Gasteiger partial charge in [0.05, 0.1) is 0 Å². The Morgan fingerprint density at radius 1 is 1.35 bits per heavy atom. The highest BCUT2D eigenvalue weighted by Gasteiger charge is 2.18. The van der Waals surface area contributed by atoms with E-state index in [0.29, 0.717) is 17.7 Å². The van der Waals surface area contributed by atoms with Crippen molar-refractivity contribution in [1.82, 2.24) is 4.98 Å². The molecule has 0 radical (unpaired) electrons. The van der Waals surface area contributed by atoms with Gasteiger partial charge in [0, 0.05) is 17.6 Å². The van der Waals surface area contributed by atoms with Crippen LogP contribution in [0.25, 0.3) is 0 Å². The summed E-state index contributed by atoms with van der Waals surface area (Å²) in [6.45, 7) is 10.5. The van der Waals surface area contributed by atoms with Gasteiger partial charge in [0.2, 0.25) is 5.88 Å². The Morgan fingerprint density at radius 2 is 2.00 bits per heavy atom. The minimum atomic E-state index is -0.188. The fourth-order valence-corrected chi connectivity index (χ4v) is 1.52. The third kappa shape index (κ3) is 4.19. The molecule has 0 spiro atoms. The van der Waals surface area contributed by atoms with Gasteiger partial charge in [-0.05, 0) is 37.8 Å². The third-order valence-corrected chi connectivity index (χ3v) is 3.17. The zero-order valence-corrected chi connectivity index (χ0v) is 12.1. The van der Waals surface area contributed by atoms with Gasteiger partial charge >= 0.3 is 0 Å². The predicted octanol–water partition coefficient (Wildman–Crippen LogP) is 4.51. The van der Waals surface area contributed by atoms with E-state index in [0.717, 1.165) is 17.7 Å². The second-order valence-electron chi connectivity index (χ2n) is 5.24. The summed E-state index contributed by atoms with van der Waals surface area (Å²) in [4.78, 5) is 4.53. The first kappa shape index (κ1) is 14.3. The highest BCUT2D eigenvalue weighted by Crippen LogP contribution is 2.24. The van der Waals surface area contributed by atoms with Crippen LogP contribution < -0.4 is 4.74 Å². The molecule has 17 heavy (non-hydrogen) atoms. The number of halogens is 1. The molecule has 0 amide bonds. The molecule has 3 heteroatoms. The predicted molar refractivity (Wildman–Crippen MR) is 72.9 cm³/mol. The molecule has 0 aromatic carbocycles. The Morgan fingerprint density at radius 3 is 2.47 bits per heavy atom. The fraction of sp³-hybridized carbons (Fsp3) is 0.643. The Bertz CT molecular complexity index is 374.